The molecule has 18 heavy (non-hydrogen) atoms. The molecule has 2 heterocycles. The molecule has 2 rings (SSSR count). The minimum atomic E-state index is -3.52. The Labute approximate surface area is 111 Å². The molecule has 0 radical (unpaired) electrons. The predicted octanol–water partition coefficient (Wildman–Crippen LogP) is -0.165. The topological polar surface area (TPSA) is 92.4 Å². The van der Waals surface area contributed by atoms with E-state index in [1.807, 2.05) is 0 Å². The molecule has 2 N–H and O–H groups in total. The molecule has 1 aromatic heterocycles. The average Bonchev–Trinajstić information content (AvgIpc) is 2.76. The van der Waals surface area contributed by atoms with Crippen molar-refractivity contribution >= 4 is 26.5 Å². The standard InChI is InChI=1S/C9H17N5O2S2/c1-7(2)13-3-5-14(6-4-13)18(15,16)9-12-11-8(10)17-9/h7H,3-6H2,1-2H3,(H2,10,11). The van der Waals surface area contributed by atoms with Crippen LogP contribution >= 0.6 is 11.3 Å². The number of nitrogen functional groups attached to an aromatic ring is 1. The monoisotopic (exact) mass is 291 g/mol. The third kappa shape index (κ3) is 2.63. The van der Waals surface area contributed by atoms with E-state index in [2.05, 4.69) is 28.9 Å². The molecule has 1 aliphatic rings. The van der Waals surface area contributed by atoms with E-state index in [1.165, 1.54) is 4.31 Å². The first-order valence-corrected chi connectivity index (χ1v) is 8.00. The maximum absolute atomic E-state index is 12.2. The number of rotatable bonds is 3. The second-order valence-electron chi connectivity index (χ2n) is 4.44. The third-order valence-electron chi connectivity index (χ3n) is 2.99. The lowest BCUT2D eigenvalue weighted by molar-refractivity contribution is 0.154. The molecule has 1 aliphatic heterocycles. The first-order valence-electron chi connectivity index (χ1n) is 5.74. The fraction of sp³-hybridized carbons (Fsp3) is 0.778. The maximum atomic E-state index is 12.2. The van der Waals surface area contributed by atoms with Gasteiger partial charge in [-0.1, -0.05) is 11.3 Å². The number of aromatic nitrogens is 2. The van der Waals surface area contributed by atoms with Gasteiger partial charge >= 0.3 is 0 Å². The van der Waals surface area contributed by atoms with Crippen molar-refractivity contribution in [1.29, 1.82) is 0 Å². The third-order valence-corrected chi connectivity index (χ3v) is 5.98. The minimum Gasteiger partial charge on any atom is -0.374 e. The van der Waals surface area contributed by atoms with Crippen molar-refractivity contribution in [3.8, 4) is 0 Å². The number of nitrogens with two attached hydrogens (primary N) is 1. The van der Waals surface area contributed by atoms with E-state index in [0.29, 0.717) is 19.1 Å². The Hall–Kier alpha value is -0.770. The van der Waals surface area contributed by atoms with Gasteiger partial charge in [-0.15, -0.1) is 10.2 Å². The summed E-state index contributed by atoms with van der Waals surface area (Å²) < 4.78 is 25.9. The highest BCUT2D eigenvalue weighted by Gasteiger charge is 2.31. The summed E-state index contributed by atoms with van der Waals surface area (Å²) in [5.74, 6) is 0. The normalized spacial score (nSPS) is 19.5. The van der Waals surface area contributed by atoms with Gasteiger partial charge in [-0.2, -0.15) is 4.31 Å². The van der Waals surface area contributed by atoms with E-state index in [1.54, 1.807) is 0 Å². The van der Waals surface area contributed by atoms with Crippen LogP contribution < -0.4 is 5.73 Å². The molecule has 1 aromatic rings. The maximum Gasteiger partial charge on any atom is 0.272 e. The number of hydrogen-bond acceptors (Lipinski definition) is 7. The first kappa shape index (κ1) is 13.7. The van der Waals surface area contributed by atoms with Gasteiger partial charge in [-0.05, 0) is 13.8 Å². The van der Waals surface area contributed by atoms with Crippen molar-refractivity contribution in [2.45, 2.75) is 24.2 Å². The van der Waals surface area contributed by atoms with Gasteiger partial charge in [-0.25, -0.2) is 8.42 Å². The highest BCUT2D eigenvalue weighted by Crippen LogP contribution is 2.22. The molecule has 0 bridgehead atoms. The van der Waals surface area contributed by atoms with Crippen molar-refractivity contribution < 1.29 is 8.42 Å². The number of piperazine rings is 1. The van der Waals surface area contributed by atoms with E-state index in [-0.39, 0.29) is 9.47 Å². The molecule has 1 saturated heterocycles. The van der Waals surface area contributed by atoms with Crippen LogP contribution in [0.3, 0.4) is 0 Å². The van der Waals surface area contributed by atoms with Gasteiger partial charge in [0.15, 0.2) is 0 Å². The summed E-state index contributed by atoms with van der Waals surface area (Å²) >= 11 is 0.908. The molecule has 9 heteroatoms. The second-order valence-corrected chi connectivity index (χ2v) is 7.56. The van der Waals surface area contributed by atoms with Gasteiger partial charge in [0.2, 0.25) is 9.47 Å². The summed E-state index contributed by atoms with van der Waals surface area (Å²) in [5.41, 5.74) is 5.42. The summed E-state index contributed by atoms with van der Waals surface area (Å²) in [6.07, 6.45) is 0. The number of sulfonamides is 1. The highest BCUT2D eigenvalue weighted by atomic mass is 32.2. The number of hydrogen-bond donors (Lipinski definition) is 1. The van der Waals surface area contributed by atoms with Crippen molar-refractivity contribution in [2.75, 3.05) is 31.9 Å². The van der Waals surface area contributed by atoms with E-state index in [0.717, 1.165) is 24.4 Å². The van der Waals surface area contributed by atoms with Crippen LogP contribution in [-0.4, -0.2) is 60.0 Å². The summed E-state index contributed by atoms with van der Waals surface area (Å²) in [4.78, 5) is 2.25. The Morgan fingerprint density at radius 1 is 1.22 bits per heavy atom. The summed E-state index contributed by atoms with van der Waals surface area (Å²) in [6.45, 7) is 6.67. The Kier molecular flexibility index (Phi) is 3.85. The van der Waals surface area contributed by atoms with Crippen LogP contribution in [0.2, 0.25) is 0 Å². The van der Waals surface area contributed by atoms with Crippen LogP contribution in [0.1, 0.15) is 13.8 Å². The van der Waals surface area contributed by atoms with Crippen LogP contribution in [0.5, 0.6) is 0 Å². The van der Waals surface area contributed by atoms with E-state index in [9.17, 15) is 8.42 Å². The van der Waals surface area contributed by atoms with Crippen LogP contribution in [0.25, 0.3) is 0 Å². The quantitative estimate of drug-likeness (QED) is 0.831. The van der Waals surface area contributed by atoms with Gasteiger partial charge < -0.3 is 5.73 Å². The molecule has 0 spiro atoms. The zero-order chi connectivity index (χ0) is 13.3. The molecule has 102 valence electrons. The summed E-state index contributed by atoms with van der Waals surface area (Å²) in [7, 11) is -3.52. The number of nitrogens with zero attached hydrogens (tertiary/aromatic N) is 4. The van der Waals surface area contributed by atoms with Crippen LogP contribution in [0.15, 0.2) is 4.34 Å². The largest absolute Gasteiger partial charge is 0.374 e. The second kappa shape index (κ2) is 5.08. The van der Waals surface area contributed by atoms with Crippen molar-refractivity contribution in [3.05, 3.63) is 0 Å². The van der Waals surface area contributed by atoms with Gasteiger partial charge in [0.1, 0.15) is 0 Å². The van der Waals surface area contributed by atoms with E-state index in [4.69, 9.17) is 5.73 Å². The summed E-state index contributed by atoms with van der Waals surface area (Å²) in [6, 6.07) is 0.437. The van der Waals surface area contributed by atoms with Crippen LogP contribution in [-0.2, 0) is 10.0 Å². The lowest BCUT2D eigenvalue weighted by Crippen LogP contribution is -2.50. The lowest BCUT2D eigenvalue weighted by atomic mass is 10.3. The molecule has 0 unspecified atom stereocenters. The number of anilines is 1. The SMILES string of the molecule is CC(C)N1CCN(S(=O)(=O)c2nnc(N)s2)CC1. The Morgan fingerprint density at radius 3 is 2.28 bits per heavy atom. The van der Waals surface area contributed by atoms with Gasteiger partial charge in [0, 0.05) is 32.2 Å². The van der Waals surface area contributed by atoms with Crippen LogP contribution in [0.4, 0.5) is 5.13 Å². The van der Waals surface area contributed by atoms with Gasteiger partial charge in [0.25, 0.3) is 10.0 Å². The smallest absolute Gasteiger partial charge is 0.272 e. The first-order chi connectivity index (χ1) is 8.41. The molecule has 0 saturated carbocycles. The van der Waals surface area contributed by atoms with Crippen molar-refractivity contribution in [2.24, 2.45) is 0 Å². The molecule has 7 nitrogen and oxygen atoms in total. The van der Waals surface area contributed by atoms with Gasteiger partial charge in [0.05, 0.1) is 0 Å². The van der Waals surface area contributed by atoms with Crippen molar-refractivity contribution in [3.63, 3.8) is 0 Å². The fourth-order valence-corrected chi connectivity index (χ4v) is 4.24. The molecular formula is C9H17N5O2S2. The average molecular weight is 291 g/mol. The minimum absolute atomic E-state index is 0.0157. The molecule has 0 aromatic carbocycles. The molecular weight excluding hydrogens is 274 g/mol. The molecule has 0 aliphatic carbocycles. The molecule has 0 amide bonds. The van der Waals surface area contributed by atoms with E-state index >= 15 is 0 Å². The van der Waals surface area contributed by atoms with Crippen molar-refractivity contribution in [1.82, 2.24) is 19.4 Å². The zero-order valence-electron chi connectivity index (χ0n) is 10.4. The predicted molar refractivity (Wildman–Crippen MR) is 69.8 cm³/mol. The zero-order valence-corrected chi connectivity index (χ0v) is 12.0. The van der Waals surface area contributed by atoms with Crippen LogP contribution in [0, 0.1) is 0 Å². The lowest BCUT2D eigenvalue weighted by Gasteiger charge is -2.35. The van der Waals surface area contributed by atoms with E-state index < -0.39 is 10.0 Å². The summed E-state index contributed by atoms with van der Waals surface area (Å²) in [5, 5.41) is 7.34. The molecule has 1 fully saturated rings. The Bertz CT molecular complexity index is 505. The molecule has 0 atom stereocenters. The van der Waals surface area contributed by atoms with Gasteiger partial charge in [-0.3, -0.25) is 4.90 Å². The Balaban J connectivity index is 2.09. The Morgan fingerprint density at radius 2 is 1.83 bits per heavy atom. The highest BCUT2D eigenvalue weighted by molar-refractivity contribution is 7.91. The fourth-order valence-electron chi connectivity index (χ4n) is 1.90.